The highest BCUT2D eigenvalue weighted by Crippen LogP contribution is 2.38. The summed E-state index contributed by atoms with van der Waals surface area (Å²) in [6.45, 7) is 0. The molecule has 304 valence electrons. The molecule has 0 saturated carbocycles. The van der Waals surface area contributed by atoms with Crippen LogP contribution in [0, 0.1) is 0 Å². The lowest BCUT2D eigenvalue weighted by Gasteiger charge is -2.12. The van der Waals surface area contributed by atoms with Crippen molar-refractivity contribution < 1.29 is 4.42 Å². The number of furan rings is 1. The molecule has 0 N–H and O–H groups in total. The molecule has 0 fully saturated rings. The summed E-state index contributed by atoms with van der Waals surface area (Å²) >= 11 is 0. The van der Waals surface area contributed by atoms with Crippen LogP contribution in [-0.4, -0.2) is 15.0 Å². The quantitative estimate of drug-likeness (QED) is 0.153. The summed E-state index contributed by atoms with van der Waals surface area (Å²) in [4.78, 5) is 15.4. The molecule has 4 nitrogen and oxygen atoms in total. The minimum absolute atomic E-state index is 0.623. The lowest BCUT2D eigenvalue weighted by molar-refractivity contribution is 0.669. The third kappa shape index (κ3) is 7.23. The van der Waals surface area contributed by atoms with Gasteiger partial charge in [0.25, 0.3) is 0 Å². The standard InChI is InChI=1S/C61H39N3O/c1-3-12-40(13-4-1)41-24-30-46(31-25-41)59-62-60(64-61(63-59)54-17-8-7-16-52(54)44-14-5-2-6-15-44)47-32-26-43(27-33-47)49-35-37-50-38-48(34-36-51(50)39-49)42-22-28-45(29-23-42)53-19-11-21-57-58(53)55-18-9-10-20-56(55)65-57/h1-39H. The molecule has 2 heterocycles. The Balaban J connectivity index is 0.847. The third-order valence-corrected chi connectivity index (χ3v) is 12.4. The first-order chi connectivity index (χ1) is 32.2. The number of para-hydroxylation sites is 1. The summed E-state index contributed by atoms with van der Waals surface area (Å²) in [6, 6.07) is 83.0. The minimum Gasteiger partial charge on any atom is -0.456 e. The van der Waals surface area contributed by atoms with E-state index in [1.807, 2.05) is 36.4 Å². The zero-order chi connectivity index (χ0) is 43.1. The zero-order valence-corrected chi connectivity index (χ0v) is 35.3. The summed E-state index contributed by atoms with van der Waals surface area (Å²) in [5.41, 5.74) is 16.1. The largest absolute Gasteiger partial charge is 0.456 e. The van der Waals surface area contributed by atoms with Gasteiger partial charge in [0.15, 0.2) is 17.5 Å². The van der Waals surface area contributed by atoms with Gasteiger partial charge in [-0.25, -0.2) is 15.0 Å². The van der Waals surface area contributed by atoms with Crippen LogP contribution in [0.5, 0.6) is 0 Å². The number of hydrogen-bond acceptors (Lipinski definition) is 4. The molecule has 0 aliphatic carbocycles. The SMILES string of the molecule is c1ccc(-c2ccc(-c3nc(-c4ccc(-c5ccc6cc(-c7ccc(-c8cccc9oc%10ccccc%10c89)cc7)ccc6c5)cc4)nc(-c4ccccc4-c4ccccc4)n3)cc2)cc1. The van der Waals surface area contributed by atoms with E-state index in [9.17, 15) is 0 Å². The van der Waals surface area contributed by atoms with Crippen LogP contribution in [0.15, 0.2) is 241 Å². The maximum atomic E-state index is 6.17. The van der Waals surface area contributed by atoms with Crippen LogP contribution in [0.25, 0.3) is 123 Å². The van der Waals surface area contributed by atoms with E-state index in [4.69, 9.17) is 19.4 Å². The maximum Gasteiger partial charge on any atom is 0.164 e. The molecule has 0 amide bonds. The zero-order valence-electron chi connectivity index (χ0n) is 35.3. The fourth-order valence-electron chi connectivity index (χ4n) is 9.02. The van der Waals surface area contributed by atoms with Crippen LogP contribution >= 0.6 is 0 Å². The minimum atomic E-state index is 0.623. The first-order valence-corrected chi connectivity index (χ1v) is 21.9. The van der Waals surface area contributed by atoms with E-state index in [1.54, 1.807) is 0 Å². The lowest BCUT2D eigenvalue weighted by atomic mass is 9.95. The fraction of sp³-hybridized carbons (Fsp3) is 0. The molecule has 0 bridgehead atoms. The second-order valence-electron chi connectivity index (χ2n) is 16.4. The van der Waals surface area contributed by atoms with Gasteiger partial charge in [0.2, 0.25) is 0 Å². The van der Waals surface area contributed by atoms with Crippen molar-refractivity contribution in [3.63, 3.8) is 0 Å². The Kier molecular flexibility index (Phi) is 9.46. The van der Waals surface area contributed by atoms with Crippen LogP contribution < -0.4 is 0 Å². The number of nitrogens with zero attached hydrogens (tertiary/aromatic N) is 3. The van der Waals surface area contributed by atoms with Gasteiger partial charge >= 0.3 is 0 Å². The first-order valence-electron chi connectivity index (χ1n) is 21.9. The smallest absolute Gasteiger partial charge is 0.164 e. The molecule has 4 heteroatoms. The summed E-state index contributed by atoms with van der Waals surface area (Å²) < 4.78 is 6.17. The van der Waals surface area contributed by atoms with Gasteiger partial charge in [-0.2, -0.15) is 0 Å². The van der Waals surface area contributed by atoms with Gasteiger partial charge in [-0.15, -0.1) is 0 Å². The Morgan fingerprint density at radius 2 is 0.646 bits per heavy atom. The van der Waals surface area contributed by atoms with Crippen molar-refractivity contribution in [2.45, 2.75) is 0 Å². The van der Waals surface area contributed by atoms with Gasteiger partial charge in [-0.1, -0.05) is 212 Å². The number of fused-ring (bicyclic) bond motifs is 4. The van der Waals surface area contributed by atoms with Crippen LogP contribution in [0.1, 0.15) is 0 Å². The van der Waals surface area contributed by atoms with Crippen LogP contribution in [0.3, 0.4) is 0 Å². The molecule has 2 aromatic heterocycles. The summed E-state index contributed by atoms with van der Waals surface area (Å²) in [7, 11) is 0. The highest BCUT2D eigenvalue weighted by Gasteiger charge is 2.17. The van der Waals surface area contributed by atoms with E-state index in [1.165, 1.54) is 38.6 Å². The molecule has 0 atom stereocenters. The molecule has 0 unspecified atom stereocenters. The Bertz CT molecular complexity index is 3670. The van der Waals surface area contributed by atoms with Crippen molar-refractivity contribution in [1.29, 1.82) is 0 Å². The van der Waals surface area contributed by atoms with Gasteiger partial charge in [0, 0.05) is 27.5 Å². The predicted octanol–water partition coefficient (Wildman–Crippen LogP) is 16.3. The molecular weight excluding hydrogens is 791 g/mol. The van der Waals surface area contributed by atoms with E-state index in [2.05, 4.69) is 200 Å². The lowest BCUT2D eigenvalue weighted by Crippen LogP contribution is -2.01. The molecule has 0 saturated heterocycles. The Hall–Kier alpha value is -8.73. The fourth-order valence-corrected chi connectivity index (χ4v) is 9.02. The Labute approximate surface area is 376 Å². The summed E-state index contributed by atoms with van der Waals surface area (Å²) in [5.74, 6) is 1.88. The highest BCUT2D eigenvalue weighted by molar-refractivity contribution is 6.12. The third-order valence-electron chi connectivity index (χ3n) is 12.4. The van der Waals surface area contributed by atoms with E-state index in [-0.39, 0.29) is 0 Å². The van der Waals surface area contributed by atoms with Crippen molar-refractivity contribution in [3.8, 4) is 89.8 Å². The monoisotopic (exact) mass is 829 g/mol. The molecule has 0 aliphatic rings. The topological polar surface area (TPSA) is 51.8 Å². The first kappa shape index (κ1) is 38.0. The van der Waals surface area contributed by atoms with Crippen LogP contribution in [-0.2, 0) is 0 Å². The number of aromatic nitrogens is 3. The average Bonchev–Trinajstić information content (AvgIpc) is 3.78. The number of rotatable bonds is 8. The van der Waals surface area contributed by atoms with Crippen LogP contribution in [0.4, 0.5) is 0 Å². The van der Waals surface area contributed by atoms with Crippen molar-refractivity contribution in [1.82, 2.24) is 15.0 Å². The molecule has 10 aromatic carbocycles. The molecule has 0 spiro atoms. The van der Waals surface area contributed by atoms with Gasteiger partial charge in [-0.05, 0) is 90.7 Å². The van der Waals surface area contributed by atoms with Gasteiger partial charge in [0.05, 0.1) is 0 Å². The molecular formula is C61H39N3O. The highest BCUT2D eigenvalue weighted by atomic mass is 16.3. The normalized spacial score (nSPS) is 11.4. The molecule has 12 rings (SSSR count). The van der Waals surface area contributed by atoms with Crippen LogP contribution in [0.2, 0.25) is 0 Å². The second-order valence-corrected chi connectivity index (χ2v) is 16.4. The molecule has 0 aliphatic heterocycles. The van der Waals surface area contributed by atoms with E-state index < -0.39 is 0 Å². The van der Waals surface area contributed by atoms with Crippen molar-refractivity contribution >= 4 is 32.7 Å². The van der Waals surface area contributed by atoms with E-state index in [0.717, 1.165) is 66.4 Å². The summed E-state index contributed by atoms with van der Waals surface area (Å²) in [6.07, 6.45) is 0. The molecule has 12 aromatic rings. The van der Waals surface area contributed by atoms with Gasteiger partial charge < -0.3 is 4.42 Å². The van der Waals surface area contributed by atoms with Gasteiger partial charge in [0.1, 0.15) is 11.2 Å². The summed E-state index contributed by atoms with van der Waals surface area (Å²) in [5, 5.41) is 4.68. The van der Waals surface area contributed by atoms with E-state index >= 15 is 0 Å². The molecule has 0 radical (unpaired) electrons. The Morgan fingerprint density at radius 3 is 1.26 bits per heavy atom. The number of benzene rings is 10. The molecule has 65 heavy (non-hydrogen) atoms. The van der Waals surface area contributed by atoms with Gasteiger partial charge in [-0.3, -0.25) is 0 Å². The van der Waals surface area contributed by atoms with Crippen molar-refractivity contribution in [2.24, 2.45) is 0 Å². The maximum absolute atomic E-state index is 6.17. The average molecular weight is 830 g/mol. The Morgan fingerprint density at radius 1 is 0.246 bits per heavy atom. The predicted molar refractivity (Wildman–Crippen MR) is 268 cm³/mol. The number of hydrogen-bond donors (Lipinski definition) is 0. The van der Waals surface area contributed by atoms with Crippen molar-refractivity contribution in [3.05, 3.63) is 237 Å². The van der Waals surface area contributed by atoms with E-state index in [0.29, 0.717) is 17.5 Å². The second kappa shape index (κ2) is 16.2. The van der Waals surface area contributed by atoms with Crippen molar-refractivity contribution in [2.75, 3.05) is 0 Å².